The van der Waals surface area contributed by atoms with Crippen molar-refractivity contribution < 1.29 is 14.6 Å². The number of hydrogen-bond donors (Lipinski definition) is 1. The van der Waals surface area contributed by atoms with Gasteiger partial charge in [-0.25, -0.2) is 4.79 Å². The Morgan fingerprint density at radius 1 is 1.47 bits per heavy atom. The number of ether oxygens (including phenoxy) is 1. The lowest BCUT2D eigenvalue weighted by molar-refractivity contribution is -0.147. The van der Waals surface area contributed by atoms with Crippen molar-refractivity contribution in [2.24, 2.45) is 17.8 Å². The van der Waals surface area contributed by atoms with E-state index in [1.165, 1.54) is 12.8 Å². The summed E-state index contributed by atoms with van der Waals surface area (Å²) >= 11 is 0. The van der Waals surface area contributed by atoms with Crippen molar-refractivity contribution in [3.8, 4) is 0 Å². The molecule has 1 rings (SSSR count). The minimum atomic E-state index is -0.865. The molecule has 0 aliphatic heterocycles. The molecule has 0 aromatic heterocycles. The molecule has 3 nitrogen and oxygen atoms in total. The van der Waals surface area contributed by atoms with Gasteiger partial charge in [-0.05, 0) is 30.6 Å². The van der Waals surface area contributed by atoms with Crippen LogP contribution >= 0.6 is 0 Å². The van der Waals surface area contributed by atoms with Crippen LogP contribution in [0.15, 0.2) is 0 Å². The number of rotatable bonds is 4. The zero-order valence-corrected chi connectivity index (χ0v) is 9.90. The van der Waals surface area contributed by atoms with Gasteiger partial charge in [0.2, 0.25) is 0 Å². The van der Waals surface area contributed by atoms with E-state index in [9.17, 15) is 4.79 Å². The highest BCUT2D eigenvalue weighted by Crippen LogP contribution is 2.35. The third-order valence-corrected chi connectivity index (χ3v) is 3.38. The zero-order chi connectivity index (χ0) is 11.4. The van der Waals surface area contributed by atoms with Crippen LogP contribution in [0.4, 0.5) is 0 Å². The molecule has 0 aromatic carbocycles. The Labute approximate surface area is 91.8 Å². The summed E-state index contributed by atoms with van der Waals surface area (Å²) in [5.74, 6) is 0.909. The first-order chi connectivity index (χ1) is 7.00. The summed E-state index contributed by atoms with van der Waals surface area (Å²) in [7, 11) is 0. The van der Waals surface area contributed by atoms with Gasteiger partial charge in [0.05, 0.1) is 6.10 Å². The van der Waals surface area contributed by atoms with Crippen molar-refractivity contribution >= 4 is 5.97 Å². The minimum absolute atomic E-state index is 0.143. The second-order valence-corrected chi connectivity index (χ2v) is 5.07. The molecule has 3 atom stereocenters. The Bertz CT molecular complexity index is 213. The van der Waals surface area contributed by atoms with E-state index in [0.29, 0.717) is 17.8 Å². The van der Waals surface area contributed by atoms with Crippen LogP contribution < -0.4 is 0 Å². The van der Waals surface area contributed by atoms with E-state index in [1.54, 1.807) is 0 Å². The van der Waals surface area contributed by atoms with Crippen molar-refractivity contribution in [1.82, 2.24) is 0 Å². The molecule has 3 heteroatoms. The van der Waals surface area contributed by atoms with E-state index in [1.807, 2.05) is 0 Å². The van der Waals surface area contributed by atoms with Gasteiger partial charge in [0.1, 0.15) is 6.61 Å². The maximum atomic E-state index is 10.5. The van der Waals surface area contributed by atoms with E-state index in [2.05, 4.69) is 20.8 Å². The Hall–Kier alpha value is -0.570. The quantitative estimate of drug-likeness (QED) is 0.782. The lowest BCUT2D eigenvalue weighted by Crippen LogP contribution is -2.35. The lowest BCUT2D eigenvalue weighted by Gasteiger charge is -2.36. The maximum absolute atomic E-state index is 10.5. The highest BCUT2D eigenvalue weighted by Gasteiger charge is 2.31. The molecule has 1 N–H and O–H groups in total. The predicted octanol–water partition coefficient (Wildman–Crippen LogP) is 2.55. The van der Waals surface area contributed by atoms with E-state index in [-0.39, 0.29) is 12.7 Å². The zero-order valence-electron chi connectivity index (χ0n) is 9.90. The molecule has 2 unspecified atom stereocenters. The van der Waals surface area contributed by atoms with Gasteiger partial charge in [0.25, 0.3) is 0 Å². The van der Waals surface area contributed by atoms with E-state index in [4.69, 9.17) is 9.84 Å². The summed E-state index contributed by atoms with van der Waals surface area (Å²) < 4.78 is 5.49. The number of carbonyl (C=O) groups is 1. The fourth-order valence-corrected chi connectivity index (χ4v) is 2.48. The van der Waals surface area contributed by atoms with Crippen molar-refractivity contribution in [2.45, 2.75) is 46.1 Å². The largest absolute Gasteiger partial charge is 0.480 e. The summed E-state index contributed by atoms with van der Waals surface area (Å²) in [6.07, 6.45) is 3.57. The molecule has 0 saturated heterocycles. The fraction of sp³-hybridized carbons (Fsp3) is 0.917. The number of hydrogen-bond acceptors (Lipinski definition) is 2. The molecule has 0 radical (unpaired) electrons. The van der Waals surface area contributed by atoms with Crippen LogP contribution in [0.3, 0.4) is 0 Å². The standard InChI is InChI=1S/C12H22O3/c1-8(2)10-5-4-9(3)6-11(10)15-7-12(13)14/h8-11H,4-7H2,1-3H3,(H,13,14)/t9?,10?,11-/m1/s1. The van der Waals surface area contributed by atoms with Crippen molar-refractivity contribution in [1.29, 1.82) is 0 Å². The van der Waals surface area contributed by atoms with Gasteiger partial charge in [-0.3, -0.25) is 0 Å². The molecular formula is C12H22O3. The molecule has 88 valence electrons. The SMILES string of the molecule is CC1CCC(C(C)C)[C@H](OCC(=O)O)C1. The maximum Gasteiger partial charge on any atom is 0.329 e. The third-order valence-electron chi connectivity index (χ3n) is 3.38. The molecule has 1 aliphatic carbocycles. The van der Waals surface area contributed by atoms with Crippen LogP contribution in [-0.2, 0) is 9.53 Å². The average Bonchev–Trinajstić information content (AvgIpc) is 2.14. The molecular weight excluding hydrogens is 192 g/mol. The van der Waals surface area contributed by atoms with Crippen LogP contribution in [-0.4, -0.2) is 23.8 Å². The molecule has 1 fully saturated rings. The molecule has 1 aliphatic rings. The van der Waals surface area contributed by atoms with Crippen molar-refractivity contribution in [3.63, 3.8) is 0 Å². The summed E-state index contributed by atoms with van der Waals surface area (Å²) in [6, 6.07) is 0. The topological polar surface area (TPSA) is 46.5 Å². The molecule has 1 saturated carbocycles. The summed E-state index contributed by atoms with van der Waals surface area (Å²) in [5, 5.41) is 8.61. The van der Waals surface area contributed by atoms with Crippen LogP contribution in [0.25, 0.3) is 0 Å². The van der Waals surface area contributed by atoms with Gasteiger partial charge in [-0.1, -0.05) is 27.2 Å². The highest BCUT2D eigenvalue weighted by atomic mass is 16.5. The molecule has 0 heterocycles. The first-order valence-corrected chi connectivity index (χ1v) is 5.84. The molecule has 0 aromatic rings. The summed E-state index contributed by atoms with van der Waals surface area (Å²) in [5.41, 5.74) is 0. The minimum Gasteiger partial charge on any atom is -0.480 e. The number of aliphatic carboxylic acids is 1. The van der Waals surface area contributed by atoms with E-state index >= 15 is 0 Å². The van der Waals surface area contributed by atoms with Gasteiger partial charge < -0.3 is 9.84 Å². The van der Waals surface area contributed by atoms with E-state index < -0.39 is 5.97 Å². The van der Waals surface area contributed by atoms with Crippen LogP contribution in [0, 0.1) is 17.8 Å². The van der Waals surface area contributed by atoms with Gasteiger partial charge >= 0.3 is 5.97 Å². The molecule has 0 amide bonds. The van der Waals surface area contributed by atoms with Gasteiger partial charge in [0.15, 0.2) is 0 Å². The molecule has 0 bridgehead atoms. The Morgan fingerprint density at radius 2 is 2.13 bits per heavy atom. The highest BCUT2D eigenvalue weighted by molar-refractivity contribution is 5.68. The predicted molar refractivity (Wildman–Crippen MR) is 58.7 cm³/mol. The van der Waals surface area contributed by atoms with Crippen LogP contribution in [0.2, 0.25) is 0 Å². The third kappa shape index (κ3) is 3.82. The van der Waals surface area contributed by atoms with Crippen LogP contribution in [0.1, 0.15) is 40.0 Å². The molecule has 0 spiro atoms. The number of carboxylic acid groups (broad SMARTS) is 1. The first kappa shape index (κ1) is 12.5. The Morgan fingerprint density at radius 3 is 2.67 bits per heavy atom. The van der Waals surface area contributed by atoms with Crippen molar-refractivity contribution in [3.05, 3.63) is 0 Å². The second kappa shape index (κ2) is 5.50. The average molecular weight is 214 g/mol. The fourth-order valence-electron chi connectivity index (χ4n) is 2.48. The molecule has 15 heavy (non-hydrogen) atoms. The summed E-state index contributed by atoms with van der Waals surface area (Å²) in [4.78, 5) is 10.5. The summed E-state index contributed by atoms with van der Waals surface area (Å²) in [6.45, 7) is 6.45. The van der Waals surface area contributed by atoms with Crippen molar-refractivity contribution in [2.75, 3.05) is 6.61 Å². The monoisotopic (exact) mass is 214 g/mol. The Kier molecular flexibility index (Phi) is 4.58. The Balaban J connectivity index is 2.50. The smallest absolute Gasteiger partial charge is 0.329 e. The van der Waals surface area contributed by atoms with Gasteiger partial charge in [-0.15, -0.1) is 0 Å². The van der Waals surface area contributed by atoms with Gasteiger partial charge in [0, 0.05) is 0 Å². The normalized spacial score (nSPS) is 31.9. The first-order valence-electron chi connectivity index (χ1n) is 5.84. The second-order valence-electron chi connectivity index (χ2n) is 5.07. The lowest BCUT2D eigenvalue weighted by atomic mass is 9.75. The number of carboxylic acids is 1. The van der Waals surface area contributed by atoms with Crippen LogP contribution in [0.5, 0.6) is 0 Å². The van der Waals surface area contributed by atoms with Gasteiger partial charge in [-0.2, -0.15) is 0 Å². The van der Waals surface area contributed by atoms with E-state index in [0.717, 1.165) is 6.42 Å².